The molecule has 12 heavy (non-hydrogen) atoms. The van der Waals surface area contributed by atoms with Crippen molar-refractivity contribution in [1.82, 2.24) is 0 Å². The van der Waals surface area contributed by atoms with E-state index in [0.717, 1.165) is 32.1 Å². The minimum Gasteiger partial charge on any atom is -0.227 e. The molecule has 0 aliphatic heterocycles. The average molecular weight is 187 g/mol. The van der Waals surface area contributed by atoms with Gasteiger partial charge < -0.3 is 0 Å². The molecule has 68 valence electrons. The fraction of sp³-hybridized carbons (Fsp3) is 0.875. The van der Waals surface area contributed by atoms with Crippen LogP contribution in [0.2, 0.25) is 0 Å². The zero-order valence-corrected chi connectivity index (χ0v) is 7.81. The Hall–Kier alpha value is -0.560. The minimum atomic E-state index is -3.09. The predicted octanol–water partition coefficient (Wildman–Crippen LogP) is 1.26. The summed E-state index contributed by atoms with van der Waals surface area (Å²) < 4.78 is 22.7. The van der Waals surface area contributed by atoms with Crippen molar-refractivity contribution in [2.75, 3.05) is 5.75 Å². The molecule has 3 nitrogen and oxygen atoms in total. The van der Waals surface area contributed by atoms with Crippen LogP contribution in [0.1, 0.15) is 32.1 Å². The second-order valence-corrected chi connectivity index (χ2v) is 5.51. The average Bonchev–Trinajstić information content (AvgIpc) is 2.06. The maximum absolute atomic E-state index is 11.4. The van der Waals surface area contributed by atoms with Crippen LogP contribution in [0.25, 0.3) is 0 Å². The van der Waals surface area contributed by atoms with E-state index in [1.807, 2.05) is 0 Å². The summed E-state index contributed by atoms with van der Waals surface area (Å²) in [7, 11) is -3.09. The molecule has 0 aromatic rings. The molecule has 0 amide bonds. The minimum absolute atomic E-state index is 0.231. The van der Waals surface area contributed by atoms with Crippen LogP contribution in [0.4, 0.5) is 0 Å². The highest BCUT2D eigenvalue weighted by Gasteiger charge is 2.26. The van der Waals surface area contributed by atoms with E-state index in [1.165, 1.54) is 0 Å². The molecule has 0 unspecified atom stereocenters. The van der Waals surface area contributed by atoms with Crippen molar-refractivity contribution in [3.8, 4) is 6.07 Å². The first kappa shape index (κ1) is 9.53. The maximum atomic E-state index is 11.4. The van der Waals surface area contributed by atoms with Crippen molar-refractivity contribution in [1.29, 1.82) is 5.26 Å². The predicted molar refractivity (Wildman–Crippen MR) is 46.3 cm³/mol. The molecular weight excluding hydrogens is 174 g/mol. The molecule has 4 heteroatoms. The van der Waals surface area contributed by atoms with Gasteiger partial charge in [-0.3, -0.25) is 0 Å². The number of rotatable bonds is 2. The Kier molecular flexibility index (Phi) is 3.10. The maximum Gasteiger partial charge on any atom is 0.166 e. The molecule has 1 aliphatic carbocycles. The first-order valence-electron chi connectivity index (χ1n) is 4.25. The highest BCUT2D eigenvalue weighted by atomic mass is 32.2. The van der Waals surface area contributed by atoms with Crippen LogP contribution in [-0.2, 0) is 9.84 Å². The summed E-state index contributed by atoms with van der Waals surface area (Å²) in [6.07, 6.45) is 4.64. The molecule has 0 spiro atoms. The molecule has 0 aromatic carbocycles. The normalized spacial score (nSPS) is 20.2. The Morgan fingerprint density at radius 3 is 2.33 bits per heavy atom. The van der Waals surface area contributed by atoms with Crippen LogP contribution in [0.15, 0.2) is 0 Å². The van der Waals surface area contributed by atoms with Gasteiger partial charge in [0.05, 0.1) is 11.3 Å². The van der Waals surface area contributed by atoms with E-state index in [0.29, 0.717) is 0 Å². The highest BCUT2D eigenvalue weighted by molar-refractivity contribution is 7.92. The Bertz CT molecular complexity index is 270. The van der Waals surface area contributed by atoms with Gasteiger partial charge in [-0.2, -0.15) is 5.26 Å². The number of nitrogens with zero attached hydrogens (tertiary/aromatic N) is 1. The summed E-state index contributed by atoms with van der Waals surface area (Å²) in [5.74, 6) is -0.308. The highest BCUT2D eigenvalue weighted by Crippen LogP contribution is 2.23. The number of nitriles is 1. The van der Waals surface area contributed by atoms with E-state index in [1.54, 1.807) is 6.07 Å². The lowest BCUT2D eigenvalue weighted by atomic mass is 10.0. The van der Waals surface area contributed by atoms with E-state index >= 15 is 0 Å². The molecule has 1 rings (SSSR count). The first-order chi connectivity index (χ1) is 5.67. The standard InChI is InChI=1S/C8H13NO2S/c9-6-7-12(10,11)8-4-2-1-3-5-8/h8H,1-5,7H2. The van der Waals surface area contributed by atoms with Crippen molar-refractivity contribution in [2.24, 2.45) is 0 Å². The summed E-state index contributed by atoms with van der Waals surface area (Å²) in [6, 6.07) is 1.72. The Labute approximate surface area is 73.3 Å². The molecule has 0 saturated heterocycles. The summed E-state index contributed by atoms with van der Waals surface area (Å²) in [5.41, 5.74) is 0. The summed E-state index contributed by atoms with van der Waals surface area (Å²) in [4.78, 5) is 0. The van der Waals surface area contributed by atoms with Gasteiger partial charge in [-0.05, 0) is 12.8 Å². The molecule has 0 aromatic heterocycles. The van der Waals surface area contributed by atoms with Gasteiger partial charge in [0.15, 0.2) is 9.84 Å². The zero-order valence-electron chi connectivity index (χ0n) is 6.99. The second-order valence-electron chi connectivity index (χ2n) is 3.23. The van der Waals surface area contributed by atoms with Gasteiger partial charge in [-0.25, -0.2) is 8.42 Å². The van der Waals surface area contributed by atoms with Crippen molar-refractivity contribution in [2.45, 2.75) is 37.4 Å². The van der Waals surface area contributed by atoms with Crippen LogP contribution in [0, 0.1) is 11.3 Å². The van der Waals surface area contributed by atoms with Crippen molar-refractivity contribution in [3.63, 3.8) is 0 Å². The number of sulfone groups is 1. The van der Waals surface area contributed by atoms with Crippen LogP contribution in [0.3, 0.4) is 0 Å². The third kappa shape index (κ3) is 2.21. The van der Waals surface area contributed by atoms with Gasteiger partial charge in [0, 0.05) is 0 Å². The third-order valence-electron chi connectivity index (χ3n) is 2.33. The lowest BCUT2D eigenvalue weighted by Crippen LogP contribution is -2.25. The van der Waals surface area contributed by atoms with Crippen molar-refractivity contribution in [3.05, 3.63) is 0 Å². The fourth-order valence-electron chi connectivity index (χ4n) is 1.63. The topological polar surface area (TPSA) is 57.9 Å². The van der Waals surface area contributed by atoms with Crippen LogP contribution < -0.4 is 0 Å². The second kappa shape index (κ2) is 3.90. The van der Waals surface area contributed by atoms with Gasteiger partial charge in [-0.1, -0.05) is 19.3 Å². The Morgan fingerprint density at radius 1 is 1.25 bits per heavy atom. The van der Waals surface area contributed by atoms with Gasteiger partial charge in [0.2, 0.25) is 0 Å². The first-order valence-corrected chi connectivity index (χ1v) is 5.97. The van der Waals surface area contributed by atoms with Crippen LogP contribution >= 0.6 is 0 Å². The summed E-state index contributed by atoms with van der Waals surface area (Å²) in [6.45, 7) is 0. The number of hydrogen-bond donors (Lipinski definition) is 0. The molecular formula is C8H13NO2S. The zero-order chi connectivity index (χ0) is 9.03. The smallest absolute Gasteiger partial charge is 0.166 e. The molecule has 0 atom stereocenters. The van der Waals surface area contributed by atoms with E-state index < -0.39 is 9.84 Å². The molecule has 1 saturated carbocycles. The van der Waals surface area contributed by atoms with Gasteiger partial charge in [-0.15, -0.1) is 0 Å². The van der Waals surface area contributed by atoms with E-state index in [9.17, 15) is 8.42 Å². The quantitative estimate of drug-likeness (QED) is 0.654. The monoisotopic (exact) mass is 187 g/mol. The summed E-state index contributed by atoms with van der Waals surface area (Å²) >= 11 is 0. The van der Waals surface area contributed by atoms with Gasteiger partial charge in [0.25, 0.3) is 0 Å². The molecule has 0 heterocycles. The molecule has 0 radical (unpaired) electrons. The lowest BCUT2D eigenvalue weighted by Gasteiger charge is -2.19. The Balaban J connectivity index is 2.62. The molecule has 1 fully saturated rings. The molecule has 0 N–H and O–H groups in total. The van der Waals surface area contributed by atoms with Crippen LogP contribution in [-0.4, -0.2) is 19.4 Å². The fourth-order valence-corrected chi connectivity index (χ4v) is 3.10. The molecule has 0 bridgehead atoms. The van der Waals surface area contributed by atoms with Crippen molar-refractivity contribution < 1.29 is 8.42 Å². The largest absolute Gasteiger partial charge is 0.227 e. The molecule has 1 aliphatic rings. The van der Waals surface area contributed by atoms with Crippen molar-refractivity contribution >= 4 is 9.84 Å². The van der Waals surface area contributed by atoms with E-state index in [2.05, 4.69) is 0 Å². The lowest BCUT2D eigenvalue weighted by molar-refractivity contribution is 0.485. The number of hydrogen-bond acceptors (Lipinski definition) is 3. The van der Waals surface area contributed by atoms with E-state index in [-0.39, 0.29) is 11.0 Å². The van der Waals surface area contributed by atoms with Gasteiger partial charge in [0.1, 0.15) is 5.75 Å². The summed E-state index contributed by atoms with van der Waals surface area (Å²) in [5, 5.41) is 8.07. The van der Waals surface area contributed by atoms with E-state index in [4.69, 9.17) is 5.26 Å². The Morgan fingerprint density at radius 2 is 1.83 bits per heavy atom. The third-order valence-corrected chi connectivity index (χ3v) is 4.34. The van der Waals surface area contributed by atoms with Gasteiger partial charge >= 0.3 is 0 Å². The SMILES string of the molecule is N#CCS(=O)(=O)C1CCCCC1. The van der Waals surface area contributed by atoms with Crippen LogP contribution in [0.5, 0.6) is 0 Å².